The van der Waals surface area contributed by atoms with Crippen molar-refractivity contribution in [3.63, 3.8) is 0 Å². The Bertz CT molecular complexity index is 652. The molecule has 2 aromatic carbocycles. The van der Waals surface area contributed by atoms with E-state index in [-0.39, 0.29) is 36.9 Å². The van der Waals surface area contributed by atoms with Crippen LogP contribution in [-0.2, 0) is 4.79 Å². The van der Waals surface area contributed by atoms with Crippen LogP contribution in [0.4, 0.5) is 0 Å². The Hall–Kier alpha value is -2.24. The predicted octanol–water partition coefficient (Wildman–Crippen LogP) is 3.09. The third-order valence-electron chi connectivity index (χ3n) is 3.62. The number of hydrogen-bond acceptors (Lipinski definition) is 4. The van der Waals surface area contributed by atoms with Crippen LogP contribution in [0.25, 0.3) is 0 Å². The first kappa shape index (κ1) is 20.8. The second-order valence-electron chi connectivity index (χ2n) is 5.60. The number of hydrogen-bond donors (Lipinski definition) is 2. The van der Waals surface area contributed by atoms with Gasteiger partial charge in [0.15, 0.2) is 11.5 Å². The van der Waals surface area contributed by atoms with E-state index in [9.17, 15) is 4.79 Å². The third kappa shape index (κ3) is 6.64. The number of rotatable bonds is 8. The number of nitrogens with one attached hydrogen (secondary N) is 1. The largest absolute Gasteiger partial charge is 0.493 e. The van der Waals surface area contributed by atoms with Crippen LogP contribution in [0.3, 0.4) is 0 Å². The summed E-state index contributed by atoms with van der Waals surface area (Å²) in [5.41, 5.74) is 7.01. The van der Waals surface area contributed by atoms with Crippen LogP contribution in [0.2, 0.25) is 0 Å². The number of ether oxygens (including phenoxy) is 2. The minimum absolute atomic E-state index is 0. The molecule has 6 heteroatoms. The van der Waals surface area contributed by atoms with Crippen molar-refractivity contribution in [3.05, 3.63) is 60.2 Å². The zero-order chi connectivity index (χ0) is 17.4. The standard InChI is InChI=1S/C19H24N2O3.ClH/c1-14(24-18-11-7-6-10-17(18)23-2)13-21-19(22)12-16(20)15-8-4-3-5-9-15;/h3-11,14,16H,12-13,20H2,1-2H3,(H,21,22);1H. The van der Waals surface area contributed by atoms with E-state index in [0.29, 0.717) is 18.0 Å². The summed E-state index contributed by atoms with van der Waals surface area (Å²) in [6.45, 7) is 2.29. The SMILES string of the molecule is COc1ccccc1OC(C)CNC(=O)CC(N)c1ccccc1.Cl. The fraction of sp³-hybridized carbons (Fsp3) is 0.316. The van der Waals surface area contributed by atoms with Crippen LogP contribution in [0, 0.1) is 0 Å². The van der Waals surface area contributed by atoms with E-state index in [0.717, 1.165) is 5.56 Å². The van der Waals surface area contributed by atoms with E-state index in [4.69, 9.17) is 15.2 Å². The number of nitrogens with two attached hydrogens (primary N) is 1. The first-order chi connectivity index (χ1) is 11.6. The van der Waals surface area contributed by atoms with E-state index >= 15 is 0 Å². The maximum Gasteiger partial charge on any atom is 0.222 e. The molecular weight excluding hydrogens is 340 g/mol. The maximum absolute atomic E-state index is 12.0. The highest BCUT2D eigenvalue weighted by Gasteiger charge is 2.13. The fourth-order valence-corrected chi connectivity index (χ4v) is 2.32. The summed E-state index contributed by atoms with van der Waals surface area (Å²) in [7, 11) is 1.60. The van der Waals surface area contributed by atoms with Crippen molar-refractivity contribution in [1.29, 1.82) is 0 Å². The quantitative estimate of drug-likeness (QED) is 0.754. The van der Waals surface area contributed by atoms with Crippen LogP contribution in [-0.4, -0.2) is 25.7 Å². The van der Waals surface area contributed by atoms with Gasteiger partial charge in [0.05, 0.1) is 13.7 Å². The molecule has 2 atom stereocenters. The van der Waals surface area contributed by atoms with Crippen LogP contribution < -0.4 is 20.5 Å². The van der Waals surface area contributed by atoms with Crippen molar-refractivity contribution < 1.29 is 14.3 Å². The summed E-state index contributed by atoms with van der Waals surface area (Å²) < 4.78 is 11.0. The molecular formula is C19H25ClN2O3. The average Bonchev–Trinajstić information content (AvgIpc) is 2.61. The summed E-state index contributed by atoms with van der Waals surface area (Å²) in [5, 5.41) is 2.86. The number of carbonyl (C=O) groups excluding carboxylic acids is 1. The Kier molecular flexibility index (Phi) is 8.81. The van der Waals surface area contributed by atoms with Crippen molar-refractivity contribution in [2.45, 2.75) is 25.5 Å². The van der Waals surface area contributed by atoms with Gasteiger partial charge in [0.1, 0.15) is 6.10 Å². The van der Waals surface area contributed by atoms with Gasteiger partial charge in [-0.15, -0.1) is 12.4 Å². The minimum Gasteiger partial charge on any atom is -0.493 e. The van der Waals surface area contributed by atoms with Crippen molar-refractivity contribution in [1.82, 2.24) is 5.32 Å². The zero-order valence-electron chi connectivity index (χ0n) is 14.5. The third-order valence-corrected chi connectivity index (χ3v) is 3.62. The molecule has 0 bridgehead atoms. The Morgan fingerprint density at radius 1 is 1.08 bits per heavy atom. The summed E-state index contributed by atoms with van der Waals surface area (Å²) in [4.78, 5) is 12.0. The van der Waals surface area contributed by atoms with E-state index < -0.39 is 0 Å². The number of methoxy groups -OCH3 is 1. The van der Waals surface area contributed by atoms with Gasteiger partial charge >= 0.3 is 0 Å². The molecule has 3 N–H and O–H groups in total. The topological polar surface area (TPSA) is 73.6 Å². The first-order valence-electron chi connectivity index (χ1n) is 7.97. The molecule has 5 nitrogen and oxygen atoms in total. The van der Waals surface area contributed by atoms with Crippen molar-refractivity contribution in [2.75, 3.05) is 13.7 Å². The fourth-order valence-electron chi connectivity index (χ4n) is 2.32. The van der Waals surface area contributed by atoms with Crippen molar-refractivity contribution in [2.24, 2.45) is 5.73 Å². The average molecular weight is 365 g/mol. The molecule has 0 aromatic heterocycles. The molecule has 0 radical (unpaired) electrons. The number of halogens is 1. The summed E-state index contributed by atoms with van der Waals surface area (Å²) in [6, 6.07) is 16.7. The molecule has 0 aliphatic rings. The molecule has 0 saturated carbocycles. The van der Waals surface area contributed by atoms with Gasteiger partial charge in [-0.05, 0) is 24.6 Å². The normalized spacial score (nSPS) is 12.4. The Balaban J connectivity index is 0.00000312. The lowest BCUT2D eigenvalue weighted by molar-refractivity contribution is -0.121. The smallest absolute Gasteiger partial charge is 0.222 e. The minimum atomic E-state index is -0.309. The number of amides is 1. The van der Waals surface area contributed by atoms with E-state index in [2.05, 4.69) is 5.32 Å². The van der Waals surface area contributed by atoms with E-state index in [1.807, 2.05) is 61.5 Å². The molecule has 136 valence electrons. The molecule has 1 amide bonds. The Morgan fingerprint density at radius 2 is 1.68 bits per heavy atom. The number of para-hydroxylation sites is 2. The van der Waals surface area contributed by atoms with Gasteiger partial charge < -0.3 is 20.5 Å². The van der Waals surface area contributed by atoms with E-state index in [1.165, 1.54) is 0 Å². The lowest BCUT2D eigenvalue weighted by Gasteiger charge is -2.18. The Labute approximate surface area is 154 Å². The molecule has 0 spiro atoms. The van der Waals surface area contributed by atoms with Gasteiger partial charge in [0.2, 0.25) is 5.91 Å². The van der Waals surface area contributed by atoms with Gasteiger partial charge in [-0.1, -0.05) is 42.5 Å². The number of benzene rings is 2. The second kappa shape index (κ2) is 10.6. The summed E-state index contributed by atoms with van der Waals surface area (Å²) in [6.07, 6.45) is 0.0592. The van der Waals surface area contributed by atoms with Crippen LogP contribution >= 0.6 is 12.4 Å². The molecule has 25 heavy (non-hydrogen) atoms. The highest BCUT2D eigenvalue weighted by molar-refractivity contribution is 5.85. The van der Waals surface area contributed by atoms with Crippen LogP contribution in [0.15, 0.2) is 54.6 Å². The molecule has 0 aliphatic heterocycles. The first-order valence-corrected chi connectivity index (χ1v) is 7.97. The van der Waals surface area contributed by atoms with Gasteiger partial charge in [-0.2, -0.15) is 0 Å². The van der Waals surface area contributed by atoms with Gasteiger partial charge in [-0.3, -0.25) is 4.79 Å². The predicted molar refractivity (Wildman–Crippen MR) is 101 cm³/mol. The number of carbonyl (C=O) groups is 1. The molecule has 0 aliphatic carbocycles. The van der Waals surface area contributed by atoms with Crippen LogP contribution in [0.5, 0.6) is 11.5 Å². The van der Waals surface area contributed by atoms with Gasteiger partial charge in [0.25, 0.3) is 0 Å². The highest BCUT2D eigenvalue weighted by Crippen LogP contribution is 2.26. The molecule has 0 saturated heterocycles. The molecule has 2 rings (SSSR count). The zero-order valence-corrected chi connectivity index (χ0v) is 15.3. The van der Waals surface area contributed by atoms with Crippen LogP contribution in [0.1, 0.15) is 24.9 Å². The molecule has 0 fully saturated rings. The molecule has 2 aromatic rings. The maximum atomic E-state index is 12.0. The van der Waals surface area contributed by atoms with Crippen molar-refractivity contribution in [3.8, 4) is 11.5 Å². The van der Waals surface area contributed by atoms with Crippen molar-refractivity contribution >= 4 is 18.3 Å². The molecule has 0 heterocycles. The monoisotopic (exact) mass is 364 g/mol. The van der Waals surface area contributed by atoms with E-state index in [1.54, 1.807) is 7.11 Å². The van der Waals surface area contributed by atoms with Gasteiger partial charge in [-0.25, -0.2) is 0 Å². The lowest BCUT2D eigenvalue weighted by atomic mass is 10.0. The highest BCUT2D eigenvalue weighted by atomic mass is 35.5. The lowest BCUT2D eigenvalue weighted by Crippen LogP contribution is -2.35. The summed E-state index contributed by atoms with van der Waals surface area (Å²) in [5.74, 6) is 1.23. The summed E-state index contributed by atoms with van der Waals surface area (Å²) >= 11 is 0. The Morgan fingerprint density at radius 3 is 2.32 bits per heavy atom. The molecule has 2 unspecified atom stereocenters. The van der Waals surface area contributed by atoms with Gasteiger partial charge in [0, 0.05) is 12.5 Å². The second-order valence-corrected chi connectivity index (χ2v) is 5.60.